The molecule has 202 valence electrons. The van der Waals surface area contributed by atoms with Crippen LogP contribution in [0.1, 0.15) is 30.4 Å². The Kier molecular flexibility index (Phi) is 9.85. The Hall–Kier alpha value is -3.28. The van der Waals surface area contributed by atoms with Gasteiger partial charge >= 0.3 is 0 Å². The number of hydrogen-bond donors (Lipinski definition) is 2. The lowest BCUT2D eigenvalue weighted by atomic mass is 10.0. The molecule has 10 heteroatoms. The second-order valence-corrected chi connectivity index (χ2v) is 10.7. The zero-order valence-electron chi connectivity index (χ0n) is 21.3. The van der Waals surface area contributed by atoms with Gasteiger partial charge in [-0.3, -0.25) is 4.79 Å². The molecule has 1 amide bonds. The summed E-state index contributed by atoms with van der Waals surface area (Å²) in [7, 11) is -2.15. The number of methoxy groups -OCH3 is 1. The summed E-state index contributed by atoms with van der Waals surface area (Å²) in [6.07, 6.45) is 7.98. The van der Waals surface area contributed by atoms with Crippen molar-refractivity contribution in [3.63, 3.8) is 0 Å². The molecule has 1 unspecified atom stereocenters. The molecular formula is C28H33N3O6S. The summed E-state index contributed by atoms with van der Waals surface area (Å²) in [6, 6.07) is 16.5. The van der Waals surface area contributed by atoms with Gasteiger partial charge in [0.2, 0.25) is 0 Å². The van der Waals surface area contributed by atoms with Crippen LogP contribution in [0.25, 0.3) is 17.2 Å². The summed E-state index contributed by atoms with van der Waals surface area (Å²) in [4.78, 5) is 17.5. The van der Waals surface area contributed by atoms with E-state index in [0.29, 0.717) is 18.8 Å². The molecule has 3 aromatic rings. The van der Waals surface area contributed by atoms with Gasteiger partial charge in [-0.25, -0.2) is 22.7 Å². The summed E-state index contributed by atoms with van der Waals surface area (Å²) in [5.41, 5.74) is 5.75. The van der Waals surface area contributed by atoms with E-state index in [9.17, 15) is 13.2 Å². The largest absolute Gasteiger partial charge is 0.383 e. The van der Waals surface area contributed by atoms with Gasteiger partial charge in [0.05, 0.1) is 11.5 Å². The number of hydroxylamine groups is 1. The maximum atomic E-state index is 13.3. The van der Waals surface area contributed by atoms with Gasteiger partial charge in [0, 0.05) is 51.7 Å². The molecule has 9 nitrogen and oxygen atoms in total. The number of nitrogens with zero attached hydrogens (tertiary/aromatic N) is 1. The molecule has 0 aliphatic carbocycles. The standard InChI is InChI=1S/C28H33N3O6S/c1-35-18-15-29-20-22-8-11-24(12-9-22)25-5-4-6-26(19-25)38(33,34)31-16-14-23(21-31)10-13-27(32)30-37-28-7-2-3-17-36-28/h4-6,8-14,16,19,21,28-29H,2-3,7,15,17-18,20H2,1H3,(H,30,32)/b13-10+. The van der Waals surface area contributed by atoms with Gasteiger partial charge in [-0.05, 0) is 59.4 Å². The van der Waals surface area contributed by atoms with Crippen molar-refractivity contribution in [1.29, 1.82) is 0 Å². The minimum absolute atomic E-state index is 0.171. The second kappa shape index (κ2) is 13.5. The molecule has 4 rings (SSSR count). The minimum atomic E-state index is -3.82. The zero-order valence-corrected chi connectivity index (χ0v) is 22.2. The highest BCUT2D eigenvalue weighted by Gasteiger charge is 2.18. The van der Waals surface area contributed by atoms with Crippen molar-refractivity contribution in [3.05, 3.63) is 84.2 Å². The van der Waals surface area contributed by atoms with E-state index < -0.39 is 22.2 Å². The van der Waals surface area contributed by atoms with Crippen molar-refractivity contribution in [1.82, 2.24) is 14.8 Å². The first kappa shape index (κ1) is 27.7. The third kappa shape index (κ3) is 7.62. The minimum Gasteiger partial charge on any atom is -0.383 e. The van der Waals surface area contributed by atoms with E-state index in [1.54, 1.807) is 31.4 Å². The molecule has 2 aromatic carbocycles. The third-order valence-electron chi connectivity index (χ3n) is 6.06. The van der Waals surface area contributed by atoms with Crippen molar-refractivity contribution in [2.24, 2.45) is 0 Å². The Bertz CT molecular complexity index is 1330. The Morgan fingerprint density at radius 3 is 2.74 bits per heavy atom. The molecule has 0 radical (unpaired) electrons. The van der Waals surface area contributed by atoms with Gasteiger partial charge in [0.15, 0.2) is 6.29 Å². The normalized spacial score (nSPS) is 16.1. The van der Waals surface area contributed by atoms with Gasteiger partial charge in [-0.1, -0.05) is 36.4 Å². The SMILES string of the molecule is COCCNCc1ccc(-c2cccc(S(=O)(=O)n3ccc(/C=C/C(=O)NOC4CCCCO4)c3)c2)cc1. The van der Waals surface area contributed by atoms with Crippen LogP contribution in [0.5, 0.6) is 0 Å². The van der Waals surface area contributed by atoms with E-state index in [1.807, 2.05) is 30.3 Å². The van der Waals surface area contributed by atoms with Crippen LogP contribution in [-0.4, -0.2) is 51.5 Å². The number of carbonyl (C=O) groups excluding carboxylic acids is 1. The van der Waals surface area contributed by atoms with Gasteiger partial charge in [-0.2, -0.15) is 0 Å². The van der Waals surface area contributed by atoms with Gasteiger partial charge in [-0.15, -0.1) is 0 Å². The van der Waals surface area contributed by atoms with E-state index in [4.69, 9.17) is 14.3 Å². The molecule has 1 atom stereocenters. The first-order valence-corrected chi connectivity index (χ1v) is 14.0. The molecule has 38 heavy (non-hydrogen) atoms. The monoisotopic (exact) mass is 539 g/mol. The fourth-order valence-electron chi connectivity index (χ4n) is 3.95. The highest BCUT2D eigenvalue weighted by molar-refractivity contribution is 7.90. The topological polar surface area (TPSA) is 108 Å². The maximum absolute atomic E-state index is 13.3. The molecule has 1 aromatic heterocycles. The van der Waals surface area contributed by atoms with Crippen molar-refractivity contribution < 1.29 is 27.5 Å². The van der Waals surface area contributed by atoms with E-state index >= 15 is 0 Å². The molecule has 1 aliphatic heterocycles. The Morgan fingerprint density at radius 2 is 1.97 bits per heavy atom. The Labute approximate surface area is 223 Å². The Balaban J connectivity index is 1.38. The lowest BCUT2D eigenvalue weighted by Crippen LogP contribution is -2.32. The molecule has 0 bridgehead atoms. The highest BCUT2D eigenvalue weighted by atomic mass is 32.2. The highest BCUT2D eigenvalue weighted by Crippen LogP contribution is 2.25. The van der Waals surface area contributed by atoms with Crippen molar-refractivity contribution >= 4 is 22.0 Å². The van der Waals surface area contributed by atoms with E-state index in [1.165, 1.54) is 24.5 Å². The fourth-order valence-corrected chi connectivity index (χ4v) is 5.21. The quantitative estimate of drug-likeness (QED) is 0.205. The van der Waals surface area contributed by atoms with Gasteiger partial charge < -0.3 is 14.8 Å². The fraction of sp³-hybridized carbons (Fsp3) is 0.321. The molecule has 1 saturated heterocycles. The molecule has 1 aliphatic rings. The van der Waals surface area contributed by atoms with Crippen molar-refractivity contribution in [2.75, 3.05) is 26.9 Å². The van der Waals surface area contributed by atoms with Gasteiger partial charge in [0.1, 0.15) is 0 Å². The number of benzene rings is 2. The van der Waals surface area contributed by atoms with Crippen LogP contribution in [0.3, 0.4) is 0 Å². The number of aromatic nitrogens is 1. The molecule has 2 N–H and O–H groups in total. The van der Waals surface area contributed by atoms with Crippen LogP contribution in [0, 0.1) is 0 Å². The first-order chi connectivity index (χ1) is 18.5. The summed E-state index contributed by atoms with van der Waals surface area (Å²) >= 11 is 0. The van der Waals surface area contributed by atoms with Crippen LogP contribution in [0.4, 0.5) is 0 Å². The average molecular weight is 540 g/mol. The van der Waals surface area contributed by atoms with Gasteiger partial charge in [0.25, 0.3) is 15.9 Å². The summed E-state index contributed by atoms with van der Waals surface area (Å²) in [5, 5.41) is 3.30. The molecular weight excluding hydrogens is 506 g/mol. The number of rotatable bonds is 12. The van der Waals surface area contributed by atoms with E-state index in [-0.39, 0.29) is 4.90 Å². The zero-order chi connectivity index (χ0) is 26.8. The van der Waals surface area contributed by atoms with Crippen LogP contribution in [0.15, 0.2) is 78.0 Å². The summed E-state index contributed by atoms with van der Waals surface area (Å²) < 4.78 is 38.1. The van der Waals surface area contributed by atoms with Crippen LogP contribution < -0.4 is 10.8 Å². The van der Waals surface area contributed by atoms with Crippen LogP contribution >= 0.6 is 0 Å². The molecule has 2 heterocycles. The van der Waals surface area contributed by atoms with Crippen molar-refractivity contribution in [2.45, 2.75) is 37.0 Å². The number of nitrogens with one attached hydrogen (secondary N) is 2. The predicted octanol–water partition coefficient (Wildman–Crippen LogP) is 3.72. The number of carbonyl (C=O) groups is 1. The first-order valence-electron chi connectivity index (χ1n) is 12.5. The molecule has 1 fully saturated rings. The lowest BCUT2D eigenvalue weighted by molar-refractivity contribution is -0.198. The summed E-state index contributed by atoms with van der Waals surface area (Å²) in [5.74, 6) is -0.459. The molecule has 0 spiro atoms. The lowest BCUT2D eigenvalue weighted by Gasteiger charge is -2.21. The van der Waals surface area contributed by atoms with Crippen LogP contribution in [0.2, 0.25) is 0 Å². The number of ether oxygens (including phenoxy) is 2. The van der Waals surface area contributed by atoms with E-state index in [2.05, 4.69) is 10.8 Å². The van der Waals surface area contributed by atoms with Crippen molar-refractivity contribution in [3.8, 4) is 11.1 Å². The number of hydrogen-bond acceptors (Lipinski definition) is 7. The second-order valence-electron chi connectivity index (χ2n) is 8.89. The van der Waals surface area contributed by atoms with E-state index in [0.717, 1.165) is 53.0 Å². The smallest absolute Gasteiger partial charge is 0.267 e. The predicted molar refractivity (Wildman–Crippen MR) is 144 cm³/mol. The third-order valence-corrected chi connectivity index (χ3v) is 7.69. The Morgan fingerprint density at radius 1 is 1.13 bits per heavy atom. The average Bonchev–Trinajstić information content (AvgIpc) is 3.44. The number of amides is 1. The molecule has 0 saturated carbocycles. The van der Waals surface area contributed by atoms with Crippen LogP contribution in [-0.2, 0) is 35.7 Å². The summed E-state index contributed by atoms with van der Waals surface area (Å²) in [6.45, 7) is 2.76. The maximum Gasteiger partial charge on any atom is 0.267 e.